The van der Waals surface area contributed by atoms with Gasteiger partial charge < -0.3 is 5.32 Å². The number of nitrogens with one attached hydrogen (secondary N) is 2. The van der Waals surface area contributed by atoms with Crippen molar-refractivity contribution in [3.8, 4) is 0 Å². The second kappa shape index (κ2) is 7.02. The fraction of sp³-hybridized carbons (Fsp3) is 0.300. The molecular weight excluding hydrogens is 268 g/mol. The maximum absolute atomic E-state index is 5.22. The maximum Gasteiger partial charge on any atom is 0.175 e. The number of hydrogen-bond acceptors (Lipinski definition) is 6. The Hall–Kier alpha value is -1.54. The number of aryl methyl sites for hydroxylation is 1. The van der Waals surface area contributed by atoms with E-state index in [0.717, 1.165) is 22.1 Å². The number of pyridine rings is 1. The Labute approximate surface area is 114 Å². The number of aromatic nitrogens is 5. The van der Waals surface area contributed by atoms with Crippen LogP contribution in [0.2, 0.25) is 0 Å². The van der Waals surface area contributed by atoms with Crippen molar-refractivity contribution in [2.24, 2.45) is 0 Å². The molecule has 0 amide bonds. The molecule has 6 nitrogen and oxygen atoms in total. The van der Waals surface area contributed by atoms with E-state index in [1.807, 2.05) is 18.3 Å². The molecule has 0 aromatic carbocycles. The van der Waals surface area contributed by atoms with Crippen LogP contribution in [0.4, 0.5) is 0 Å². The molecule has 0 bridgehead atoms. The lowest BCUT2D eigenvalue weighted by molar-refractivity contribution is 0.881. The number of nitrogens with zero attached hydrogens (tertiary/aromatic N) is 4. The molecule has 18 heavy (non-hydrogen) atoms. The summed E-state index contributed by atoms with van der Waals surface area (Å²) in [4.78, 5) is 4.04. The third kappa shape index (κ3) is 4.38. The van der Waals surface area contributed by atoms with Crippen LogP contribution in [-0.4, -0.2) is 35.7 Å². The minimum Gasteiger partial charge on any atom is -0.367 e. The predicted molar refractivity (Wildman–Crippen MR) is 74.0 cm³/mol. The highest BCUT2D eigenvalue weighted by Gasteiger charge is 2.01. The molecule has 2 aromatic heterocycles. The van der Waals surface area contributed by atoms with E-state index in [4.69, 9.17) is 12.2 Å². The van der Waals surface area contributed by atoms with Gasteiger partial charge in [-0.25, -0.2) is 0 Å². The minimum absolute atomic E-state index is 0.696. The third-order valence-electron chi connectivity index (χ3n) is 2.11. The summed E-state index contributed by atoms with van der Waals surface area (Å²) in [5.41, 5.74) is 1.11. The van der Waals surface area contributed by atoms with Crippen LogP contribution in [0.3, 0.4) is 0 Å². The number of rotatable bonds is 5. The molecular formula is C10H12N6S2. The molecule has 2 N–H and O–H groups in total. The van der Waals surface area contributed by atoms with E-state index in [1.54, 1.807) is 18.0 Å². The maximum atomic E-state index is 5.22. The first-order valence-electron chi connectivity index (χ1n) is 5.36. The van der Waals surface area contributed by atoms with Gasteiger partial charge in [0.25, 0.3) is 0 Å². The molecule has 2 heterocycles. The Morgan fingerprint density at radius 1 is 1.50 bits per heavy atom. The standard InChI is InChI=1S/C10H12N6S2/c17-10(12-7-8-2-1-4-11-6-8)18-5-3-9-13-15-16-14-9/h1-2,4,6H,3,5,7H2,(H,12,17)(H,13,14,15,16). The molecule has 0 aliphatic carbocycles. The van der Waals surface area contributed by atoms with Gasteiger partial charge in [-0.15, -0.1) is 10.2 Å². The first-order valence-corrected chi connectivity index (χ1v) is 6.76. The number of aromatic amines is 1. The summed E-state index contributed by atoms with van der Waals surface area (Å²) < 4.78 is 0.766. The van der Waals surface area contributed by atoms with Crippen molar-refractivity contribution in [3.63, 3.8) is 0 Å². The van der Waals surface area contributed by atoms with Gasteiger partial charge in [0, 0.05) is 31.1 Å². The highest BCUT2D eigenvalue weighted by atomic mass is 32.2. The topological polar surface area (TPSA) is 79.4 Å². The zero-order valence-corrected chi connectivity index (χ0v) is 11.2. The molecule has 94 valence electrons. The molecule has 0 saturated heterocycles. The van der Waals surface area contributed by atoms with Crippen LogP contribution in [0, 0.1) is 0 Å². The Morgan fingerprint density at radius 2 is 2.44 bits per heavy atom. The quantitative estimate of drug-likeness (QED) is 0.789. The average Bonchev–Trinajstić information content (AvgIpc) is 2.91. The SMILES string of the molecule is S=C(NCc1cccnc1)SCCc1nn[nH]n1. The van der Waals surface area contributed by atoms with E-state index in [2.05, 4.69) is 30.9 Å². The van der Waals surface area contributed by atoms with Crippen molar-refractivity contribution < 1.29 is 0 Å². The van der Waals surface area contributed by atoms with E-state index >= 15 is 0 Å². The van der Waals surface area contributed by atoms with Gasteiger partial charge in [0.2, 0.25) is 0 Å². The molecule has 0 aliphatic rings. The van der Waals surface area contributed by atoms with E-state index in [-0.39, 0.29) is 0 Å². The molecule has 0 atom stereocenters. The van der Waals surface area contributed by atoms with Crippen molar-refractivity contribution in [1.29, 1.82) is 0 Å². The Morgan fingerprint density at radius 3 is 3.17 bits per heavy atom. The van der Waals surface area contributed by atoms with Gasteiger partial charge >= 0.3 is 0 Å². The van der Waals surface area contributed by atoms with Gasteiger partial charge in [-0.1, -0.05) is 35.3 Å². The smallest absolute Gasteiger partial charge is 0.175 e. The number of thioether (sulfide) groups is 1. The van der Waals surface area contributed by atoms with Crippen molar-refractivity contribution in [2.45, 2.75) is 13.0 Å². The van der Waals surface area contributed by atoms with Gasteiger partial charge in [0.1, 0.15) is 4.32 Å². The lowest BCUT2D eigenvalue weighted by Crippen LogP contribution is -2.18. The minimum atomic E-state index is 0.696. The van der Waals surface area contributed by atoms with Gasteiger partial charge in [-0.2, -0.15) is 5.21 Å². The van der Waals surface area contributed by atoms with Crippen LogP contribution >= 0.6 is 24.0 Å². The lowest BCUT2D eigenvalue weighted by Gasteiger charge is -2.06. The van der Waals surface area contributed by atoms with Crippen LogP contribution in [0.5, 0.6) is 0 Å². The zero-order chi connectivity index (χ0) is 12.6. The van der Waals surface area contributed by atoms with E-state index in [1.165, 1.54) is 0 Å². The van der Waals surface area contributed by atoms with Crippen LogP contribution in [0.15, 0.2) is 24.5 Å². The van der Waals surface area contributed by atoms with Crippen molar-refractivity contribution in [3.05, 3.63) is 35.9 Å². The summed E-state index contributed by atoms with van der Waals surface area (Å²) in [6.45, 7) is 0.696. The monoisotopic (exact) mass is 280 g/mol. The van der Waals surface area contributed by atoms with Crippen LogP contribution in [-0.2, 0) is 13.0 Å². The zero-order valence-electron chi connectivity index (χ0n) is 9.54. The molecule has 0 fully saturated rings. The van der Waals surface area contributed by atoms with Gasteiger partial charge in [-0.05, 0) is 11.6 Å². The first kappa shape index (κ1) is 12.9. The number of H-pyrrole nitrogens is 1. The van der Waals surface area contributed by atoms with Crippen LogP contribution < -0.4 is 5.32 Å². The van der Waals surface area contributed by atoms with Gasteiger partial charge in [0.15, 0.2) is 5.82 Å². The third-order valence-corrected chi connectivity index (χ3v) is 3.42. The highest BCUT2D eigenvalue weighted by Crippen LogP contribution is 2.05. The summed E-state index contributed by atoms with van der Waals surface area (Å²) >= 11 is 6.79. The number of hydrogen-bond donors (Lipinski definition) is 2. The number of thiocarbonyl (C=S) groups is 1. The van der Waals surface area contributed by atoms with Gasteiger partial charge in [0.05, 0.1) is 0 Å². The second-order valence-electron chi connectivity index (χ2n) is 3.43. The largest absolute Gasteiger partial charge is 0.367 e. The summed E-state index contributed by atoms with van der Waals surface area (Å²) in [5.74, 6) is 1.54. The molecule has 0 radical (unpaired) electrons. The molecule has 0 saturated carbocycles. The molecule has 0 unspecified atom stereocenters. The second-order valence-corrected chi connectivity index (χ2v) is 5.20. The van der Waals surface area contributed by atoms with E-state index in [9.17, 15) is 0 Å². The molecule has 8 heteroatoms. The lowest BCUT2D eigenvalue weighted by atomic mass is 10.3. The predicted octanol–water partition coefficient (Wildman–Crippen LogP) is 0.945. The fourth-order valence-electron chi connectivity index (χ4n) is 1.25. The van der Waals surface area contributed by atoms with Crippen molar-refractivity contribution >= 4 is 28.3 Å². The van der Waals surface area contributed by atoms with Crippen molar-refractivity contribution in [2.75, 3.05) is 5.75 Å². The van der Waals surface area contributed by atoms with Crippen LogP contribution in [0.25, 0.3) is 0 Å². The summed E-state index contributed by atoms with van der Waals surface area (Å²) in [6.07, 6.45) is 4.32. The van der Waals surface area contributed by atoms with Gasteiger partial charge in [-0.3, -0.25) is 4.98 Å². The summed E-state index contributed by atoms with van der Waals surface area (Å²) in [6, 6.07) is 3.91. The Balaban J connectivity index is 1.63. The van der Waals surface area contributed by atoms with E-state index in [0.29, 0.717) is 12.4 Å². The molecule has 2 rings (SSSR count). The average molecular weight is 280 g/mol. The normalized spacial score (nSPS) is 10.2. The highest BCUT2D eigenvalue weighted by molar-refractivity contribution is 8.22. The fourth-order valence-corrected chi connectivity index (χ4v) is 2.22. The van der Waals surface area contributed by atoms with Crippen LogP contribution in [0.1, 0.15) is 11.4 Å². The molecule has 0 spiro atoms. The van der Waals surface area contributed by atoms with E-state index < -0.39 is 0 Å². The summed E-state index contributed by atoms with van der Waals surface area (Å²) in [5, 5.41) is 16.8. The summed E-state index contributed by atoms with van der Waals surface area (Å²) in [7, 11) is 0. The Bertz CT molecular complexity index is 472. The van der Waals surface area contributed by atoms with Crippen molar-refractivity contribution in [1.82, 2.24) is 30.9 Å². The molecule has 2 aromatic rings. The Kier molecular flexibility index (Phi) is 5.03. The molecule has 0 aliphatic heterocycles. The number of tetrazole rings is 1. The first-order chi connectivity index (χ1) is 8.84.